The Labute approximate surface area is 127 Å². The van der Waals surface area contributed by atoms with Gasteiger partial charge in [0.15, 0.2) is 0 Å². The van der Waals surface area contributed by atoms with Crippen LogP contribution in [0.4, 0.5) is 5.82 Å². The average molecular weight is 290 g/mol. The minimum absolute atomic E-state index is 0.111. The normalized spacial score (nSPS) is 18.6. The van der Waals surface area contributed by atoms with Gasteiger partial charge in [0, 0.05) is 37.4 Å². The molecule has 1 aliphatic rings. The molecule has 0 saturated carbocycles. The highest BCUT2D eigenvalue weighted by atomic mass is 16.2. The Bertz CT molecular complexity index is 513. The van der Waals surface area contributed by atoms with Crippen molar-refractivity contribution in [2.24, 2.45) is 0 Å². The van der Waals surface area contributed by atoms with Crippen LogP contribution in [-0.2, 0) is 0 Å². The summed E-state index contributed by atoms with van der Waals surface area (Å²) in [6.45, 7) is 5.82. The van der Waals surface area contributed by atoms with Crippen LogP contribution in [0.1, 0.15) is 42.2 Å². The molecule has 1 atom stereocenters. The Morgan fingerprint density at radius 3 is 2.67 bits per heavy atom. The lowest BCUT2D eigenvalue weighted by Crippen LogP contribution is -2.34. The van der Waals surface area contributed by atoms with Crippen LogP contribution in [0.2, 0.25) is 0 Å². The third kappa shape index (κ3) is 3.53. The van der Waals surface area contributed by atoms with Gasteiger partial charge in [-0.1, -0.05) is 13.8 Å². The number of hydrogen-bond donors (Lipinski definition) is 1. The van der Waals surface area contributed by atoms with E-state index < -0.39 is 0 Å². The number of amides is 1. The molecule has 1 N–H and O–H groups in total. The van der Waals surface area contributed by atoms with Crippen molar-refractivity contribution in [1.29, 1.82) is 0 Å². The van der Waals surface area contributed by atoms with E-state index in [2.05, 4.69) is 43.1 Å². The molecule has 2 rings (SSSR count). The first-order valence-electron chi connectivity index (χ1n) is 7.57. The molecule has 5 heteroatoms. The third-order valence-corrected chi connectivity index (χ3v) is 4.12. The van der Waals surface area contributed by atoms with Crippen LogP contribution in [0, 0.1) is 0 Å². The summed E-state index contributed by atoms with van der Waals surface area (Å²) in [5.41, 5.74) is 1.69. The Balaban J connectivity index is 2.21. The molecule has 0 aromatic carbocycles. The highest BCUT2D eigenvalue weighted by Crippen LogP contribution is 2.21. The van der Waals surface area contributed by atoms with Crippen molar-refractivity contribution in [3.05, 3.63) is 23.4 Å². The first kappa shape index (κ1) is 15.8. The summed E-state index contributed by atoms with van der Waals surface area (Å²) in [7, 11) is 5.97. The molecule has 1 fully saturated rings. The molecule has 21 heavy (non-hydrogen) atoms. The molecule has 1 saturated heterocycles. The maximum atomic E-state index is 12.7. The molecule has 0 spiro atoms. The smallest absolute Gasteiger partial charge is 0.254 e. The van der Waals surface area contributed by atoms with Gasteiger partial charge in [0.05, 0.1) is 0 Å². The van der Waals surface area contributed by atoms with Crippen molar-refractivity contribution in [2.75, 3.05) is 39.5 Å². The highest BCUT2D eigenvalue weighted by molar-refractivity contribution is 5.95. The van der Waals surface area contributed by atoms with Crippen LogP contribution in [0.25, 0.3) is 0 Å². The van der Waals surface area contributed by atoms with E-state index in [4.69, 9.17) is 0 Å². The fourth-order valence-corrected chi connectivity index (χ4v) is 2.63. The van der Waals surface area contributed by atoms with Gasteiger partial charge in [-0.25, -0.2) is 4.98 Å². The molecular weight excluding hydrogens is 264 g/mol. The van der Waals surface area contributed by atoms with Gasteiger partial charge in [0.25, 0.3) is 5.91 Å². The van der Waals surface area contributed by atoms with Gasteiger partial charge in [-0.2, -0.15) is 0 Å². The number of nitrogens with one attached hydrogen (secondary N) is 1. The summed E-state index contributed by atoms with van der Waals surface area (Å²) in [4.78, 5) is 21.4. The summed E-state index contributed by atoms with van der Waals surface area (Å²) in [6, 6.07) is 4.23. The van der Waals surface area contributed by atoms with Gasteiger partial charge >= 0.3 is 0 Å². The van der Waals surface area contributed by atoms with Crippen molar-refractivity contribution in [1.82, 2.24) is 14.8 Å². The fourth-order valence-electron chi connectivity index (χ4n) is 2.63. The van der Waals surface area contributed by atoms with Crippen LogP contribution >= 0.6 is 0 Å². The molecular formula is C16H26N4O. The number of carbonyl (C=O) groups excluding carboxylic acids is 1. The predicted molar refractivity (Wildman–Crippen MR) is 85.9 cm³/mol. The predicted octanol–water partition coefficient (Wildman–Crippen LogP) is 2.02. The van der Waals surface area contributed by atoms with E-state index in [0.717, 1.165) is 36.6 Å². The van der Waals surface area contributed by atoms with Gasteiger partial charge in [0.1, 0.15) is 5.82 Å². The van der Waals surface area contributed by atoms with E-state index in [1.807, 2.05) is 24.1 Å². The van der Waals surface area contributed by atoms with Crippen LogP contribution < -0.4 is 5.32 Å². The summed E-state index contributed by atoms with van der Waals surface area (Å²) in [5, 5.41) is 3.05. The second-order valence-electron chi connectivity index (χ2n) is 6.23. The lowest BCUT2D eigenvalue weighted by Gasteiger charge is -2.21. The summed E-state index contributed by atoms with van der Waals surface area (Å²) in [5.74, 6) is 1.17. The maximum Gasteiger partial charge on any atom is 0.254 e. The number of likely N-dealkylation sites (N-methyl/N-ethyl adjacent to an activating group) is 1. The van der Waals surface area contributed by atoms with Gasteiger partial charge < -0.3 is 15.1 Å². The van der Waals surface area contributed by atoms with Crippen molar-refractivity contribution in [3.8, 4) is 0 Å². The summed E-state index contributed by atoms with van der Waals surface area (Å²) in [6.07, 6.45) is 1.04. The minimum atomic E-state index is 0.111. The highest BCUT2D eigenvalue weighted by Gasteiger charge is 2.28. The Hall–Kier alpha value is -1.62. The van der Waals surface area contributed by atoms with E-state index >= 15 is 0 Å². The molecule has 1 aromatic heterocycles. The standard InChI is InChI=1S/C16H26N4O/c1-11(2)14-8-12(9-15(17-3)18-14)16(21)20-7-6-13(10-20)19(4)5/h8-9,11,13H,6-7,10H2,1-5H3,(H,17,18). The summed E-state index contributed by atoms with van der Waals surface area (Å²) < 4.78 is 0. The zero-order valence-corrected chi connectivity index (χ0v) is 13.7. The van der Waals surface area contributed by atoms with E-state index in [1.54, 1.807) is 0 Å². The van der Waals surface area contributed by atoms with Gasteiger partial charge in [0.2, 0.25) is 0 Å². The van der Waals surface area contributed by atoms with Crippen LogP contribution in [0.15, 0.2) is 12.1 Å². The first-order valence-corrected chi connectivity index (χ1v) is 7.57. The second-order valence-corrected chi connectivity index (χ2v) is 6.23. The van der Waals surface area contributed by atoms with Gasteiger partial charge in [-0.05, 0) is 38.6 Å². The molecule has 1 unspecified atom stereocenters. The SMILES string of the molecule is CNc1cc(C(=O)N2CCC(N(C)C)C2)cc(C(C)C)n1. The minimum Gasteiger partial charge on any atom is -0.373 e. The molecule has 1 aromatic rings. The molecule has 0 radical (unpaired) electrons. The van der Waals surface area contributed by atoms with Gasteiger partial charge in [-0.15, -0.1) is 0 Å². The average Bonchev–Trinajstić information content (AvgIpc) is 2.95. The molecule has 2 heterocycles. The largest absolute Gasteiger partial charge is 0.373 e. The van der Waals surface area contributed by atoms with Crippen molar-refractivity contribution in [2.45, 2.75) is 32.2 Å². The fraction of sp³-hybridized carbons (Fsp3) is 0.625. The van der Waals surface area contributed by atoms with E-state index in [-0.39, 0.29) is 5.91 Å². The number of hydrogen-bond acceptors (Lipinski definition) is 4. The van der Waals surface area contributed by atoms with Crippen LogP contribution in [0.3, 0.4) is 0 Å². The Morgan fingerprint density at radius 1 is 1.43 bits per heavy atom. The van der Waals surface area contributed by atoms with Gasteiger partial charge in [-0.3, -0.25) is 4.79 Å². The van der Waals surface area contributed by atoms with Crippen LogP contribution in [0.5, 0.6) is 0 Å². The summed E-state index contributed by atoms with van der Waals surface area (Å²) >= 11 is 0. The van der Waals surface area contributed by atoms with Crippen LogP contribution in [-0.4, -0.2) is 61.0 Å². The first-order chi connectivity index (χ1) is 9.92. The Kier molecular flexibility index (Phi) is 4.83. The number of carbonyl (C=O) groups is 1. The quantitative estimate of drug-likeness (QED) is 0.921. The number of anilines is 1. The number of pyridine rings is 1. The van der Waals surface area contributed by atoms with E-state index in [9.17, 15) is 4.79 Å². The molecule has 0 aliphatic carbocycles. The molecule has 1 aliphatic heterocycles. The van der Waals surface area contributed by atoms with Crippen molar-refractivity contribution in [3.63, 3.8) is 0 Å². The van der Waals surface area contributed by atoms with E-state index in [0.29, 0.717) is 12.0 Å². The van der Waals surface area contributed by atoms with E-state index in [1.165, 1.54) is 0 Å². The lowest BCUT2D eigenvalue weighted by atomic mass is 10.1. The number of nitrogens with zero attached hydrogens (tertiary/aromatic N) is 3. The molecule has 5 nitrogen and oxygen atoms in total. The number of rotatable bonds is 4. The van der Waals surface area contributed by atoms with Crippen molar-refractivity contribution >= 4 is 11.7 Å². The number of aromatic nitrogens is 1. The zero-order valence-electron chi connectivity index (χ0n) is 13.7. The third-order valence-electron chi connectivity index (χ3n) is 4.12. The lowest BCUT2D eigenvalue weighted by molar-refractivity contribution is 0.0783. The Morgan fingerprint density at radius 2 is 2.14 bits per heavy atom. The zero-order chi connectivity index (χ0) is 15.6. The molecule has 116 valence electrons. The maximum absolute atomic E-state index is 12.7. The number of likely N-dealkylation sites (tertiary alicyclic amines) is 1. The molecule has 0 bridgehead atoms. The monoisotopic (exact) mass is 290 g/mol. The topological polar surface area (TPSA) is 48.5 Å². The molecule has 1 amide bonds. The van der Waals surface area contributed by atoms with Crippen molar-refractivity contribution < 1.29 is 4.79 Å². The second kappa shape index (κ2) is 6.43.